The van der Waals surface area contributed by atoms with Crippen LogP contribution in [0, 0.1) is 0 Å². The highest BCUT2D eigenvalue weighted by molar-refractivity contribution is 7.99. The molecule has 0 bridgehead atoms. The molecular weight excluding hydrogens is 252 g/mol. The van der Waals surface area contributed by atoms with Crippen molar-refractivity contribution in [3.63, 3.8) is 0 Å². The van der Waals surface area contributed by atoms with Crippen molar-refractivity contribution in [3.8, 4) is 5.75 Å². The lowest BCUT2D eigenvalue weighted by molar-refractivity contribution is 0.0950. The van der Waals surface area contributed by atoms with Gasteiger partial charge < -0.3 is 9.84 Å². The van der Waals surface area contributed by atoms with Crippen LogP contribution in [-0.2, 0) is 0 Å². The summed E-state index contributed by atoms with van der Waals surface area (Å²) < 4.78 is 5.54. The molecule has 0 saturated heterocycles. The van der Waals surface area contributed by atoms with Gasteiger partial charge in [0, 0.05) is 12.4 Å². The summed E-state index contributed by atoms with van der Waals surface area (Å²) in [6, 6.07) is 6.97. The maximum absolute atomic E-state index is 11.5. The van der Waals surface area contributed by atoms with E-state index in [2.05, 4.69) is 5.43 Å². The molecule has 1 aromatic rings. The predicted octanol–water partition coefficient (Wildman–Crippen LogP) is 0.784. The molecule has 18 heavy (non-hydrogen) atoms. The summed E-state index contributed by atoms with van der Waals surface area (Å²) in [4.78, 5) is 11.5. The van der Waals surface area contributed by atoms with Crippen LogP contribution >= 0.6 is 11.8 Å². The maximum atomic E-state index is 11.5. The number of amides is 1. The van der Waals surface area contributed by atoms with Gasteiger partial charge in [0.1, 0.15) is 5.75 Å². The number of nitrogens with one attached hydrogen (secondary N) is 1. The minimum Gasteiger partial charge on any atom is -0.492 e. The van der Waals surface area contributed by atoms with Gasteiger partial charge in [-0.25, -0.2) is 5.84 Å². The molecule has 6 heteroatoms. The molecule has 0 radical (unpaired) electrons. The average Bonchev–Trinajstić information content (AvgIpc) is 2.42. The maximum Gasteiger partial charge on any atom is 0.268 e. The number of hydrogen-bond acceptors (Lipinski definition) is 5. The number of aliphatic hydroxyl groups excluding tert-OH is 1. The van der Waals surface area contributed by atoms with Gasteiger partial charge >= 0.3 is 0 Å². The molecule has 0 fully saturated rings. The Morgan fingerprint density at radius 1 is 1.39 bits per heavy atom. The van der Waals surface area contributed by atoms with Crippen molar-refractivity contribution in [1.29, 1.82) is 0 Å². The predicted molar refractivity (Wildman–Crippen MR) is 72.6 cm³/mol. The van der Waals surface area contributed by atoms with E-state index in [-0.39, 0.29) is 12.5 Å². The van der Waals surface area contributed by atoms with Crippen molar-refractivity contribution in [2.45, 2.75) is 6.42 Å². The first-order valence-electron chi connectivity index (χ1n) is 5.71. The Morgan fingerprint density at radius 2 is 2.17 bits per heavy atom. The number of hydrogen-bond donors (Lipinski definition) is 3. The summed E-state index contributed by atoms with van der Waals surface area (Å²) >= 11 is 1.71. The lowest BCUT2D eigenvalue weighted by Gasteiger charge is -2.10. The molecule has 0 aliphatic carbocycles. The lowest BCUT2D eigenvalue weighted by atomic mass is 10.2. The molecule has 0 aliphatic rings. The zero-order valence-corrected chi connectivity index (χ0v) is 10.9. The fourth-order valence-corrected chi connectivity index (χ4v) is 2.08. The number of rotatable bonds is 8. The molecule has 0 aromatic heterocycles. The Hall–Kier alpha value is -1.24. The number of nitrogens with two attached hydrogens (primary N) is 1. The van der Waals surface area contributed by atoms with Crippen molar-refractivity contribution in [2.24, 2.45) is 5.84 Å². The summed E-state index contributed by atoms with van der Waals surface area (Å²) in [5, 5.41) is 8.62. The van der Waals surface area contributed by atoms with Gasteiger partial charge in [-0.1, -0.05) is 12.1 Å². The molecule has 5 nitrogen and oxygen atoms in total. The highest BCUT2D eigenvalue weighted by Crippen LogP contribution is 2.17. The Kier molecular flexibility index (Phi) is 7.24. The van der Waals surface area contributed by atoms with Crippen LogP contribution in [0.3, 0.4) is 0 Å². The van der Waals surface area contributed by atoms with Gasteiger partial charge in [0.25, 0.3) is 5.91 Å². The number of nitrogen functional groups attached to an aromatic ring is 1. The van der Waals surface area contributed by atoms with E-state index < -0.39 is 0 Å². The quantitative estimate of drug-likeness (QED) is 0.281. The third-order valence-corrected chi connectivity index (χ3v) is 3.23. The van der Waals surface area contributed by atoms with Gasteiger partial charge in [-0.3, -0.25) is 10.2 Å². The second-order valence-electron chi connectivity index (χ2n) is 3.51. The Bertz CT molecular complexity index is 374. The van der Waals surface area contributed by atoms with Crippen molar-refractivity contribution >= 4 is 17.7 Å². The first kappa shape index (κ1) is 14.8. The second kappa shape index (κ2) is 8.79. The molecule has 0 spiro atoms. The molecule has 1 aromatic carbocycles. The molecule has 1 rings (SSSR count). The van der Waals surface area contributed by atoms with Crippen molar-refractivity contribution in [2.75, 3.05) is 24.7 Å². The number of carbonyl (C=O) groups is 1. The van der Waals surface area contributed by atoms with Crippen LogP contribution in [-0.4, -0.2) is 35.7 Å². The van der Waals surface area contributed by atoms with E-state index >= 15 is 0 Å². The first-order valence-corrected chi connectivity index (χ1v) is 6.86. The van der Waals surface area contributed by atoms with Gasteiger partial charge in [-0.2, -0.15) is 11.8 Å². The Labute approximate surface area is 111 Å². The molecule has 4 N–H and O–H groups in total. The van der Waals surface area contributed by atoms with Gasteiger partial charge in [-0.15, -0.1) is 0 Å². The van der Waals surface area contributed by atoms with Crippen LogP contribution in [0.1, 0.15) is 16.8 Å². The minimum atomic E-state index is -0.362. The van der Waals surface area contributed by atoms with Gasteiger partial charge in [0.2, 0.25) is 0 Å². The van der Waals surface area contributed by atoms with Gasteiger partial charge in [-0.05, 0) is 24.3 Å². The fourth-order valence-electron chi connectivity index (χ4n) is 1.34. The smallest absolute Gasteiger partial charge is 0.268 e. The number of hydrazine groups is 1. The molecule has 0 unspecified atom stereocenters. The number of ether oxygens (including phenoxy) is 1. The fraction of sp³-hybridized carbons (Fsp3) is 0.417. The van der Waals surface area contributed by atoms with E-state index in [1.165, 1.54) is 0 Å². The standard InChI is InChI=1S/C12H18N2O3S/c13-14-12(16)10-4-1-2-5-11(10)17-7-9-18-8-3-6-15/h1-2,4-5,15H,3,6-9,13H2,(H,14,16). The van der Waals surface area contributed by atoms with E-state index in [0.717, 1.165) is 17.9 Å². The number of aliphatic hydroxyl groups is 1. The molecular formula is C12H18N2O3S. The van der Waals surface area contributed by atoms with Crippen LogP contribution in [0.25, 0.3) is 0 Å². The summed E-state index contributed by atoms with van der Waals surface area (Å²) in [5.74, 6) is 6.99. The average molecular weight is 270 g/mol. The summed E-state index contributed by atoms with van der Waals surface area (Å²) in [6.07, 6.45) is 0.789. The Balaban J connectivity index is 2.39. The second-order valence-corrected chi connectivity index (χ2v) is 4.73. The van der Waals surface area contributed by atoms with E-state index in [9.17, 15) is 4.79 Å². The molecule has 0 saturated carbocycles. The van der Waals surface area contributed by atoms with Crippen LogP contribution < -0.4 is 16.0 Å². The molecule has 0 atom stereocenters. The topological polar surface area (TPSA) is 84.6 Å². The van der Waals surface area contributed by atoms with Crippen LogP contribution in [0.5, 0.6) is 5.75 Å². The van der Waals surface area contributed by atoms with Crippen molar-refractivity contribution < 1.29 is 14.6 Å². The SMILES string of the molecule is NNC(=O)c1ccccc1OCCSCCCO. The number of carbonyl (C=O) groups excluding carboxylic acids is 1. The van der Waals surface area contributed by atoms with Crippen LogP contribution in [0.15, 0.2) is 24.3 Å². The monoisotopic (exact) mass is 270 g/mol. The zero-order valence-electron chi connectivity index (χ0n) is 10.1. The zero-order chi connectivity index (χ0) is 13.2. The van der Waals surface area contributed by atoms with E-state index in [0.29, 0.717) is 17.9 Å². The molecule has 0 aliphatic heterocycles. The van der Waals surface area contributed by atoms with Crippen molar-refractivity contribution in [1.82, 2.24) is 5.43 Å². The normalized spacial score (nSPS) is 10.1. The first-order chi connectivity index (χ1) is 8.79. The van der Waals surface area contributed by atoms with Crippen LogP contribution in [0.4, 0.5) is 0 Å². The van der Waals surface area contributed by atoms with Crippen LogP contribution in [0.2, 0.25) is 0 Å². The molecule has 100 valence electrons. The minimum absolute atomic E-state index is 0.216. The molecule has 1 amide bonds. The third-order valence-electron chi connectivity index (χ3n) is 2.19. The highest BCUT2D eigenvalue weighted by atomic mass is 32.2. The van der Waals surface area contributed by atoms with E-state index in [4.69, 9.17) is 15.7 Å². The summed E-state index contributed by atoms with van der Waals surface area (Å²) in [5.41, 5.74) is 2.52. The number of para-hydroxylation sites is 1. The van der Waals surface area contributed by atoms with E-state index in [1.807, 2.05) is 6.07 Å². The van der Waals surface area contributed by atoms with Crippen molar-refractivity contribution in [3.05, 3.63) is 29.8 Å². The van der Waals surface area contributed by atoms with Gasteiger partial charge in [0.15, 0.2) is 0 Å². The number of benzene rings is 1. The largest absolute Gasteiger partial charge is 0.492 e. The lowest BCUT2D eigenvalue weighted by Crippen LogP contribution is -2.30. The van der Waals surface area contributed by atoms with Gasteiger partial charge in [0.05, 0.1) is 12.2 Å². The Morgan fingerprint density at radius 3 is 2.89 bits per heavy atom. The summed E-state index contributed by atoms with van der Waals surface area (Å²) in [7, 11) is 0. The molecule has 0 heterocycles. The number of thioether (sulfide) groups is 1. The highest BCUT2D eigenvalue weighted by Gasteiger charge is 2.09. The third kappa shape index (κ3) is 4.95. The van der Waals surface area contributed by atoms with E-state index in [1.54, 1.807) is 30.0 Å². The summed E-state index contributed by atoms with van der Waals surface area (Å²) in [6.45, 7) is 0.734.